The summed E-state index contributed by atoms with van der Waals surface area (Å²) in [4.78, 5) is 12.7. The van der Waals surface area contributed by atoms with Gasteiger partial charge in [0.05, 0.1) is 5.56 Å². The zero-order valence-corrected chi connectivity index (χ0v) is 11.3. The summed E-state index contributed by atoms with van der Waals surface area (Å²) in [5.74, 6) is -0.194. The van der Waals surface area contributed by atoms with Gasteiger partial charge in [0.15, 0.2) is 0 Å². The van der Waals surface area contributed by atoms with Crippen LogP contribution in [0.3, 0.4) is 0 Å². The Morgan fingerprint density at radius 1 is 1.36 bits per heavy atom. The van der Waals surface area contributed by atoms with E-state index >= 15 is 0 Å². The van der Waals surface area contributed by atoms with Crippen LogP contribution in [-0.2, 0) is 17.5 Å². The van der Waals surface area contributed by atoms with Crippen molar-refractivity contribution in [2.24, 2.45) is 0 Å². The normalized spacial score (nSPS) is 14.9. The highest BCUT2D eigenvalue weighted by atomic mass is 19.4. The number of hydrogen-bond donors (Lipinski definition) is 1. The van der Waals surface area contributed by atoms with Crippen LogP contribution in [0, 0.1) is 0 Å². The van der Waals surface area contributed by atoms with Crippen molar-refractivity contribution in [3.05, 3.63) is 29.8 Å². The molecule has 1 aromatic carbocycles. The van der Waals surface area contributed by atoms with Crippen molar-refractivity contribution in [3.63, 3.8) is 0 Å². The Balaban J connectivity index is 1.74. The van der Waals surface area contributed by atoms with E-state index in [0.717, 1.165) is 29.8 Å². The lowest BCUT2D eigenvalue weighted by Gasteiger charge is -2.06. The molecule has 0 aliphatic heterocycles. The smallest absolute Gasteiger partial charge is 0.352 e. The number of benzene rings is 1. The highest BCUT2D eigenvalue weighted by Gasteiger charge is 2.30. The number of carbonyl (C=O) groups excluding carboxylic acids is 1. The second-order valence-electron chi connectivity index (χ2n) is 5.06. The molecule has 0 atom stereocenters. The van der Waals surface area contributed by atoms with Crippen LogP contribution in [0.4, 0.5) is 13.2 Å². The maximum absolute atomic E-state index is 12.7. The lowest BCUT2D eigenvalue weighted by Crippen LogP contribution is -2.30. The molecule has 3 rings (SSSR count). The third-order valence-electron chi connectivity index (χ3n) is 3.13. The summed E-state index contributed by atoms with van der Waals surface area (Å²) >= 11 is 0. The first-order valence-corrected chi connectivity index (χ1v) is 6.66. The van der Waals surface area contributed by atoms with E-state index in [0.29, 0.717) is 0 Å². The summed E-state index contributed by atoms with van der Waals surface area (Å²) in [5, 5.41) is 14.1. The summed E-state index contributed by atoms with van der Waals surface area (Å²) in [7, 11) is 0. The highest BCUT2D eigenvalue weighted by molar-refractivity contribution is 5.76. The summed E-state index contributed by atoms with van der Waals surface area (Å²) < 4.78 is 38.0. The number of carbonyl (C=O) groups is 1. The fourth-order valence-electron chi connectivity index (χ4n) is 1.89. The van der Waals surface area contributed by atoms with E-state index in [1.54, 1.807) is 0 Å². The molecule has 1 heterocycles. The molecule has 6 nitrogen and oxygen atoms in total. The zero-order valence-electron chi connectivity index (χ0n) is 11.3. The predicted octanol–water partition coefficient (Wildman–Crippen LogP) is 1.64. The first-order valence-electron chi connectivity index (χ1n) is 6.66. The van der Waals surface area contributed by atoms with E-state index in [-0.39, 0.29) is 29.9 Å². The van der Waals surface area contributed by atoms with E-state index in [9.17, 15) is 18.0 Å². The highest BCUT2D eigenvalue weighted by Crippen LogP contribution is 2.31. The van der Waals surface area contributed by atoms with Crippen LogP contribution in [-0.4, -0.2) is 32.2 Å². The number of tetrazole rings is 1. The first-order chi connectivity index (χ1) is 10.4. The standard InChI is InChI=1S/C13H12F3N5O/c14-13(15,16)9-3-1-2-8(6-9)12-18-20-21(19-12)7-11(22)17-10-4-5-10/h1-3,6,10H,4-5,7H2,(H,17,22). The maximum atomic E-state index is 12.7. The molecule has 1 aliphatic carbocycles. The van der Waals surface area contributed by atoms with E-state index in [4.69, 9.17) is 0 Å². The number of rotatable bonds is 4. The van der Waals surface area contributed by atoms with Gasteiger partial charge in [-0.15, -0.1) is 10.2 Å². The van der Waals surface area contributed by atoms with Crippen molar-refractivity contribution in [2.45, 2.75) is 31.6 Å². The number of nitrogens with zero attached hydrogens (tertiary/aromatic N) is 4. The Labute approximate surface area is 123 Å². The SMILES string of the molecule is O=C(Cn1nnc(-c2cccc(C(F)(F)F)c2)n1)NC1CC1. The molecule has 1 aromatic heterocycles. The van der Waals surface area contributed by atoms with Crippen molar-refractivity contribution in [1.29, 1.82) is 0 Å². The van der Waals surface area contributed by atoms with Gasteiger partial charge in [-0.3, -0.25) is 4.79 Å². The molecule has 1 N–H and O–H groups in total. The molecule has 1 saturated carbocycles. The molecule has 0 spiro atoms. The Bertz CT molecular complexity index is 693. The summed E-state index contributed by atoms with van der Waals surface area (Å²) in [6.45, 7) is -0.109. The summed E-state index contributed by atoms with van der Waals surface area (Å²) in [6, 6.07) is 4.88. The molecule has 1 fully saturated rings. The average molecular weight is 311 g/mol. The first kappa shape index (κ1) is 14.5. The molecule has 0 saturated heterocycles. The number of halogens is 3. The van der Waals surface area contributed by atoms with E-state index in [1.165, 1.54) is 12.1 Å². The Kier molecular flexibility index (Phi) is 3.55. The van der Waals surface area contributed by atoms with Gasteiger partial charge in [0, 0.05) is 11.6 Å². The van der Waals surface area contributed by atoms with Crippen molar-refractivity contribution in [3.8, 4) is 11.4 Å². The zero-order chi connectivity index (χ0) is 15.7. The van der Waals surface area contributed by atoms with Gasteiger partial charge < -0.3 is 5.32 Å². The number of aromatic nitrogens is 4. The molecule has 1 amide bonds. The molecule has 2 aromatic rings. The lowest BCUT2D eigenvalue weighted by atomic mass is 10.1. The van der Waals surface area contributed by atoms with Crippen LogP contribution in [0.5, 0.6) is 0 Å². The van der Waals surface area contributed by atoms with Gasteiger partial charge in [0.25, 0.3) is 0 Å². The number of hydrogen-bond acceptors (Lipinski definition) is 4. The second-order valence-corrected chi connectivity index (χ2v) is 5.06. The van der Waals surface area contributed by atoms with Gasteiger partial charge >= 0.3 is 6.18 Å². The Morgan fingerprint density at radius 2 is 2.14 bits per heavy atom. The fraction of sp³-hybridized carbons (Fsp3) is 0.385. The fourth-order valence-corrected chi connectivity index (χ4v) is 1.89. The number of alkyl halides is 3. The van der Waals surface area contributed by atoms with Crippen LogP contribution in [0.2, 0.25) is 0 Å². The van der Waals surface area contributed by atoms with E-state index in [1.807, 2.05) is 0 Å². The molecular formula is C13H12F3N5O. The average Bonchev–Trinajstić information content (AvgIpc) is 3.14. The van der Waals surface area contributed by atoms with Gasteiger partial charge in [0.2, 0.25) is 11.7 Å². The Morgan fingerprint density at radius 3 is 2.82 bits per heavy atom. The minimum Gasteiger partial charge on any atom is -0.352 e. The van der Waals surface area contributed by atoms with Gasteiger partial charge in [-0.05, 0) is 30.2 Å². The topological polar surface area (TPSA) is 72.7 Å². The van der Waals surface area contributed by atoms with Crippen LogP contribution in [0.15, 0.2) is 24.3 Å². The van der Waals surface area contributed by atoms with E-state index in [2.05, 4.69) is 20.7 Å². The quantitative estimate of drug-likeness (QED) is 0.931. The number of nitrogens with one attached hydrogen (secondary N) is 1. The molecule has 9 heteroatoms. The monoisotopic (exact) mass is 311 g/mol. The van der Waals surface area contributed by atoms with Gasteiger partial charge in [-0.2, -0.15) is 18.0 Å². The Hall–Kier alpha value is -2.45. The largest absolute Gasteiger partial charge is 0.416 e. The number of amides is 1. The molecule has 0 unspecified atom stereocenters. The van der Waals surface area contributed by atoms with Crippen molar-refractivity contribution >= 4 is 5.91 Å². The molecule has 0 radical (unpaired) electrons. The molecular weight excluding hydrogens is 299 g/mol. The third-order valence-corrected chi connectivity index (χ3v) is 3.13. The second kappa shape index (κ2) is 5.39. The van der Waals surface area contributed by atoms with Crippen molar-refractivity contribution in [2.75, 3.05) is 0 Å². The maximum Gasteiger partial charge on any atom is 0.416 e. The molecule has 116 valence electrons. The van der Waals surface area contributed by atoms with Crippen molar-refractivity contribution in [1.82, 2.24) is 25.5 Å². The van der Waals surface area contributed by atoms with Crippen LogP contribution in [0.25, 0.3) is 11.4 Å². The van der Waals surface area contributed by atoms with Gasteiger partial charge in [0.1, 0.15) is 6.54 Å². The molecule has 22 heavy (non-hydrogen) atoms. The third kappa shape index (κ3) is 3.41. The van der Waals surface area contributed by atoms with Crippen molar-refractivity contribution < 1.29 is 18.0 Å². The predicted molar refractivity (Wildman–Crippen MR) is 69.4 cm³/mol. The van der Waals surface area contributed by atoms with Gasteiger partial charge in [-0.1, -0.05) is 12.1 Å². The molecule has 1 aliphatic rings. The summed E-state index contributed by atoms with van der Waals surface area (Å²) in [6.07, 6.45) is -2.51. The van der Waals surface area contributed by atoms with Gasteiger partial charge in [-0.25, -0.2) is 0 Å². The van der Waals surface area contributed by atoms with Crippen LogP contribution < -0.4 is 5.32 Å². The van der Waals surface area contributed by atoms with E-state index < -0.39 is 11.7 Å². The van der Waals surface area contributed by atoms with Crippen LogP contribution >= 0.6 is 0 Å². The minimum atomic E-state index is -4.43. The van der Waals surface area contributed by atoms with Crippen LogP contribution in [0.1, 0.15) is 18.4 Å². The lowest BCUT2D eigenvalue weighted by molar-refractivity contribution is -0.137. The molecule has 0 bridgehead atoms. The minimum absolute atomic E-state index is 0.0466. The summed E-state index contributed by atoms with van der Waals surface area (Å²) in [5.41, 5.74) is -0.587.